The first kappa shape index (κ1) is 17.9. The van der Waals surface area contributed by atoms with Crippen LogP contribution < -0.4 is 10.1 Å². The number of H-pyrrole nitrogens is 1. The summed E-state index contributed by atoms with van der Waals surface area (Å²) in [6.07, 6.45) is 8.58. The summed E-state index contributed by atoms with van der Waals surface area (Å²) in [5.74, 6) is 3.97. The number of rotatable bonds is 4. The van der Waals surface area contributed by atoms with Gasteiger partial charge in [0.25, 0.3) is 0 Å². The third-order valence-corrected chi connectivity index (χ3v) is 5.09. The lowest BCUT2D eigenvalue weighted by Crippen LogP contribution is -2.25. The number of hydrogen-bond acceptors (Lipinski definition) is 6. The summed E-state index contributed by atoms with van der Waals surface area (Å²) in [4.78, 5) is 28.3. The summed E-state index contributed by atoms with van der Waals surface area (Å²) in [5, 5.41) is 7.64. The summed E-state index contributed by atoms with van der Waals surface area (Å²) in [5.41, 5.74) is 3.87. The summed E-state index contributed by atoms with van der Waals surface area (Å²) < 4.78 is 7.19. The van der Waals surface area contributed by atoms with Crippen molar-refractivity contribution in [2.75, 3.05) is 11.9 Å². The van der Waals surface area contributed by atoms with E-state index in [0.717, 1.165) is 16.8 Å². The number of aromatic amines is 1. The van der Waals surface area contributed by atoms with E-state index in [4.69, 9.17) is 11.2 Å². The Kier molecular flexibility index (Phi) is 4.17. The Hall–Kier alpha value is -4.19. The number of benzene rings is 1. The van der Waals surface area contributed by atoms with Gasteiger partial charge in [0.2, 0.25) is 5.91 Å². The number of carbonyl (C=O) groups excluding carboxylic acids is 1. The lowest BCUT2D eigenvalue weighted by Gasteiger charge is -2.24. The van der Waals surface area contributed by atoms with Crippen LogP contribution in [0.1, 0.15) is 29.2 Å². The quantitative estimate of drug-likeness (QED) is 0.510. The lowest BCUT2D eigenvalue weighted by atomic mass is 9.86. The highest BCUT2D eigenvalue weighted by molar-refractivity contribution is 5.95. The van der Waals surface area contributed by atoms with Gasteiger partial charge in [0.1, 0.15) is 30.0 Å². The number of nitrogens with one attached hydrogen (secondary N) is 2. The van der Waals surface area contributed by atoms with E-state index in [1.54, 1.807) is 11.0 Å². The maximum Gasteiger partial charge on any atom is 0.226 e. The molecule has 4 heterocycles. The van der Waals surface area contributed by atoms with Gasteiger partial charge in [-0.15, -0.1) is 6.42 Å². The summed E-state index contributed by atoms with van der Waals surface area (Å²) in [6, 6.07) is 7.63. The molecule has 1 atom stereocenters. The normalized spacial score (nSPS) is 15.5. The first-order chi connectivity index (χ1) is 14.7. The fraction of sp³-hybridized carbons (Fsp3) is 0.190. The highest BCUT2D eigenvalue weighted by atomic mass is 16.5. The van der Waals surface area contributed by atoms with Crippen molar-refractivity contribution in [3.63, 3.8) is 0 Å². The van der Waals surface area contributed by atoms with Gasteiger partial charge < -0.3 is 15.0 Å². The number of terminal acetylenes is 1. The zero-order valence-electron chi connectivity index (χ0n) is 16.1. The van der Waals surface area contributed by atoms with Crippen LogP contribution in [0.25, 0.3) is 17.0 Å². The molecular formula is C21H17N7O2. The number of amides is 1. The molecule has 0 aliphatic carbocycles. The minimum absolute atomic E-state index is 0.0986. The van der Waals surface area contributed by atoms with Crippen molar-refractivity contribution in [1.29, 1.82) is 0 Å². The molecule has 0 unspecified atom stereocenters. The number of aryl methyl sites for hydroxylation is 1. The van der Waals surface area contributed by atoms with Gasteiger partial charge in [0.05, 0.1) is 12.0 Å². The molecule has 1 aliphatic rings. The second-order valence-electron chi connectivity index (χ2n) is 6.93. The van der Waals surface area contributed by atoms with Crippen LogP contribution >= 0.6 is 0 Å². The van der Waals surface area contributed by atoms with Crippen LogP contribution in [0.3, 0.4) is 0 Å². The van der Waals surface area contributed by atoms with Crippen LogP contribution in [-0.2, 0) is 4.79 Å². The molecule has 1 amide bonds. The summed E-state index contributed by atoms with van der Waals surface area (Å²) >= 11 is 0. The number of imidazole rings is 1. The molecule has 0 radical (unpaired) electrons. The molecule has 0 bridgehead atoms. The van der Waals surface area contributed by atoms with Crippen molar-refractivity contribution >= 4 is 22.9 Å². The fourth-order valence-corrected chi connectivity index (χ4v) is 3.84. The fourth-order valence-electron chi connectivity index (χ4n) is 3.84. The molecule has 0 saturated carbocycles. The van der Waals surface area contributed by atoms with Crippen molar-refractivity contribution in [2.45, 2.75) is 19.3 Å². The molecule has 148 valence electrons. The van der Waals surface area contributed by atoms with Crippen LogP contribution in [0.15, 0.2) is 36.9 Å². The zero-order valence-corrected chi connectivity index (χ0v) is 16.1. The minimum atomic E-state index is -0.170. The first-order valence-corrected chi connectivity index (χ1v) is 9.35. The molecule has 0 saturated heterocycles. The van der Waals surface area contributed by atoms with Gasteiger partial charge in [-0.1, -0.05) is 18.1 Å². The Morgan fingerprint density at radius 3 is 3.10 bits per heavy atom. The monoisotopic (exact) mass is 399 g/mol. The number of ether oxygens (including phenoxy) is 1. The van der Waals surface area contributed by atoms with Gasteiger partial charge in [-0.05, 0) is 24.6 Å². The zero-order chi connectivity index (χ0) is 20.7. The second-order valence-corrected chi connectivity index (χ2v) is 6.93. The van der Waals surface area contributed by atoms with Crippen molar-refractivity contribution in [3.05, 3.63) is 53.7 Å². The predicted molar refractivity (Wildman–Crippen MR) is 109 cm³/mol. The van der Waals surface area contributed by atoms with E-state index in [2.05, 4.69) is 36.3 Å². The van der Waals surface area contributed by atoms with Crippen LogP contribution in [0.5, 0.6) is 5.75 Å². The second kappa shape index (κ2) is 7.00. The maximum atomic E-state index is 12.6. The Bertz CT molecular complexity index is 1310. The van der Waals surface area contributed by atoms with Gasteiger partial charge in [0.15, 0.2) is 11.5 Å². The van der Waals surface area contributed by atoms with Crippen LogP contribution in [0, 0.1) is 19.3 Å². The maximum absolute atomic E-state index is 12.6. The molecule has 0 spiro atoms. The highest BCUT2D eigenvalue weighted by Crippen LogP contribution is 2.41. The average Bonchev–Trinajstić information content (AvgIpc) is 3.36. The molecule has 4 aromatic rings. The van der Waals surface area contributed by atoms with E-state index >= 15 is 0 Å². The molecule has 0 fully saturated rings. The van der Waals surface area contributed by atoms with Gasteiger partial charge in [0, 0.05) is 17.9 Å². The van der Waals surface area contributed by atoms with Crippen LogP contribution in [0.2, 0.25) is 0 Å². The molecule has 9 nitrogen and oxygen atoms in total. The summed E-state index contributed by atoms with van der Waals surface area (Å²) in [6.45, 7) is 2.11. The molecule has 5 rings (SSSR count). The van der Waals surface area contributed by atoms with Gasteiger partial charge in [-0.25, -0.2) is 15.0 Å². The number of nitrogens with zero attached hydrogens (tertiary/aromatic N) is 5. The number of fused-ring (bicyclic) bond motifs is 2. The lowest BCUT2D eigenvalue weighted by molar-refractivity contribution is -0.116. The first-order valence-electron chi connectivity index (χ1n) is 9.35. The Balaban J connectivity index is 1.64. The number of hydrogen-bond donors (Lipinski definition) is 2. The number of carbonyl (C=O) groups is 1. The molecule has 1 aliphatic heterocycles. The molecule has 3 aromatic heterocycles. The van der Waals surface area contributed by atoms with E-state index in [-0.39, 0.29) is 18.4 Å². The van der Waals surface area contributed by atoms with Gasteiger partial charge in [-0.3, -0.25) is 4.79 Å². The van der Waals surface area contributed by atoms with Crippen molar-refractivity contribution in [1.82, 2.24) is 29.7 Å². The van der Waals surface area contributed by atoms with E-state index in [1.807, 2.05) is 31.2 Å². The molecule has 2 N–H and O–H groups in total. The topological polar surface area (TPSA) is 111 Å². The van der Waals surface area contributed by atoms with Crippen molar-refractivity contribution < 1.29 is 9.53 Å². The van der Waals surface area contributed by atoms with Crippen molar-refractivity contribution in [3.8, 4) is 23.9 Å². The average molecular weight is 399 g/mol. The highest BCUT2D eigenvalue weighted by Gasteiger charge is 2.33. The number of anilines is 1. The minimum Gasteiger partial charge on any atom is -0.481 e. The van der Waals surface area contributed by atoms with Crippen LogP contribution in [-0.4, -0.2) is 42.2 Å². The molecule has 9 heteroatoms. The van der Waals surface area contributed by atoms with Gasteiger partial charge >= 0.3 is 0 Å². The number of aromatic nitrogens is 6. The largest absolute Gasteiger partial charge is 0.481 e. The van der Waals surface area contributed by atoms with Crippen LogP contribution in [0.4, 0.5) is 5.82 Å². The smallest absolute Gasteiger partial charge is 0.226 e. The third kappa shape index (κ3) is 2.86. The SMILES string of the molecule is C#CCOc1cccc([C@@H]2CC(=O)Nc3c2c(C)nn3-c2ncnc3nc[nH]c23)c1. The summed E-state index contributed by atoms with van der Waals surface area (Å²) in [7, 11) is 0. The Morgan fingerprint density at radius 1 is 1.33 bits per heavy atom. The molecule has 1 aromatic carbocycles. The van der Waals surface area contributed by atoms with Crippen molar-refractivity contribution in [2.24, 2.45) is 0 Å². The van der Waals surface area contributed by atoms with E-state index in [0.29, 0.717) is 35.0 Å². The molecule has 30 heavy (non-hydrogen) atoms. The van der Waals surface area contributed by atoms with E-state index < -0.39 is 0 Å². The van der Waals surface area contributed by atoms with E-state index in [1.165, 1.54) is 6.33 Å². The van der Waals surface area contributed by atoms with E-state index in [9.17, 15) is 4.79 Å². The third-order valence-electron chi connectivity index (χ3n) is 5.09. The standard InChI is InChI=1S/C21H17N7O2/c1-3-7-30-14-6-4-5-13(8-14)15-9-16(29)26-20-17(15)12(2)27-28(20)21-18-19(23-10-22-18)24-11-25-21/h1,4-6,8,10-11,15H,7,9H2,2H3,(H,26,29)(H,22,23,24,25)/t15-/m0/s1. The molecular weight excluding hydrogens is 382 g/mol. The van der Waals surface area contributed by atoms with Gasteiger partial charge in [-0.2, -0.15) is 9.78 Å². The Labute approximate surface area is 171 Å². The Morgan fingerprint density at radius 2 is 2.23 bits per heavy atom. The predicted octanol–water partition coefficient (Wildman–Crippen LogP) is 2.33.